The molecule has 1 heterocycles. The van der Waals surface area contributed by atoms with Gasteiger partial charge in [-0.15, -0.1) is 5.10 Å². The molecule has 0 atom stereocenters. The molecule has 0 radical (unpaired) electrons. The molecule has 19 heavy (non-hydrogen) atoms. The van der Waals surface area contributed by atoms with Gasteiger partial charge in [0, 0.05) is 29.6 Å². The zero-order valence-electron chi connectivity index (χ0n) is 11.1. The number of halogens is 1. The Hall–Kier alpha value is -1.11. The summed E-state index contributed by atoms with van der Waals surface area (Å²) in [4.78, 5) is 1.02. The molecule has 0 spiro atoms. The van der Waals surface area contributed by atoms with E-state index in [4.69, 9.17) is 11.6 Å². The molecule has 1 N–H and O–H groups in total. The van der Waals surface area contributed by atoms with Gasteiger partial charge >= 0.3 is 0 Å². The lowest BCUT2D eigenvalue weighted by atomic mass is 10.2. The minimum atomic E-state index is 0.440. The average Bonchev–Trinajstić information content (AvgIpc) is 2.74. The number of benzene rings is 1. The van der Waals surface area contributed by atoms with Crippen molar-refractivity contribution in [2.75, 3.05) is 0 Å². The molecule has 0 aliphatic carbocycles. The van der Waals surface area contributed by atoms with Crippen molar-refractivity contribution < 1.29 is 0 Å². The second-order valence-electron chi connectivity index (χ2n) is 4.48. The zero-order valence-corrected chi connectivity index (χ0v) is 12.7. The first-order valence-electron chi connectivity index (χ1n) is 5.98. The molecule has 2 rings (SSSR count). The van der Waals surface area contributed by atoms with Gasteiger partial charge in [0.05, 0.1) is 0 Å². The Morgan fingerprint density at radius 2 is 2.21 bits per heavy atom. The van der Waals surface area contributed by atoms with E-state index in [2.05, 4.69) is 34.7 Å². The number of hydrogen-bond acceptors (Lipinski definition) is 5. The quantitative estimate of drug-likeness (QED) is 0.919. The van der Waals surface area contributed by atoms with Crippen LogP contribution >= 0.6 is 23.4 Å². The average molecular weight is 298 g/mol. The fraction of sp³-hybridized carbons (Fsp3) is 0.417. The van der Waals surface area contributed by atoms with Crippen molar-refractivity contribution in [3.05, 3.63) is 28.8 Å². The van der Waals surface area contributed by atoms with E-state index < -0.39 is 0 Å². The van der Waals surface area contributed by atoms with Crippen molar-refractivity contribution in [2.24, 2.45) is 7.05 Å². The van der Waals surface area contributed by atoms with Crippen LogP contribution in [0, 0.1) is 0 Å². The Morgan fingerprint density at radius 1 is 1.42 bits per heavy atom. The lowest BCUT2D eigenvalue weighted by Gasteiger charge is -2.10. The molecular weight excluding hydrogens is 282 g/mol. The summed E-state index contributed by atoms with van der Waals surface area (Å²) in [5.74, 6) is 0. The Morgan fingerprint density at radius 3 is 2.79 bits per heavy atom. The highest BCUT2D eigenvalue weighted by Gasteiger charge is 2.07. The fourth-order valence-electron chi connectivity index (χ4n) is 1.46. The molecule has 0 fully saturated rings. The molecular formula is C12H16ClN5S. The van der Waals surface area contributed by atoms with Crippen LogP contribution in [-0.4, -0.2) is 26.2 Å². The second-order valence-corrected chi connectivity index (χ2v) is 5.92. The third-order valence-corrected chi connectivity index (χ3v) is 3.89. The summed E-state index contributed by atoms with van der Waals surface area (Å²) >= 11 is 7.77. The lowest BCUT2D eigenvalue weighted by Crippen LogP contribution is -2.21. The highest BCUT2D eigenvalue weighted by molar-refractivity contribution is 7.99. The molecule has 7 heteroatoms. The van der Waals surface area contributed by atoms with Crippen LogP contribution < -0.4 is 5.32 Å². The molecule has 0 aliphatic rings. The second kappa shape index (κ2) is 6.36. The van der Waals surface area contributed by atoms with E-state index in [-0.39, 0.29) is 0 Å². The maximum absolute atomic E-state index is 6.28. The molecule has 2 aromatic rings. The molecule has 5 nitrogen and oxygen atoms in total. The minimum absolute atomic E-state index is 0.440. The van der Waals surface area contributed by atoms with Gasteiger partial charge in [-0.1, -0.05) is 31.5 Å². The number of aryl methyl sites for hydroxylation is 1. The minimum Gasteiger partial charge on any atom is -0.310 e. The third-order valence-electron chi connectivity index (χ3n) is 2.52. The van der Waals surface area contributed by atoms with E-state index in [1.165, 1.54) is 11.8 Å². The maximum Gasteiger partial charge on any atom is 0.213 e. The first-order chi connectivity index (χ1) is 9.06. The highest BCUT2D eigenvalue weighted by atomic mass is 35.5. The van der Waals surface area contributed by atoms with Crippen LogP contribution in [0.2, 0.25) is 5.02 Å². The molecule has 0 saturated carbocycles. The molecule has 1 aromatic carbocycles. The van der Waals surface area contributed by atoms with E-state index in [0.717, 1.165) is 27.2 Å². The molecule has 0 aliphatic heterocycles. The van der Waals surface area contributed by atoms with E-state index in [0.29, 0.717) is 6.04 Å². The number of aromatic nitrogens is 4. The van der Waals surface area contributed by atoms with Crippen molar-refractivity contribution >= 4 is 23.4 Å². The number of hydrogen-bond donors (Lipinski definition) is 1. The van der Waals surface area contributed by atoms with E-state index >= 15 is 0 Å². The van der Waals surface area contributed by atoms with Crippen LogP contribution in [0.4, 0.5) is 0 Å². The van der Waals surface area contributed by atoms with Crippen molar-refractivity contribution in [1.29, 1.82) is 0 Å². The third kappa shape index (κ3) is 3.92. The van der Waals surface area contributed by atoms with Crippen LogP contribution in [0.25, 0.3) is 0 Å². The van der Waals surface area contributed by atoms with Gasteiger partial charge in [0.2, 0.25) is 5.16 Å². The van der Waals surface area contributed by atoms with Crippen molar-refractivity contribution in [1.82, 2.24) is 25.5 Å². The summed E-state index contributed by atoms with van der Waals surface area (Å²) in [6.45, 7) is 4.99. The van der Waals surface area contributed by atoms with E-state index in [9.17, 15) is 0 Å². The van der Waals surface area contributed by atoms with Crippen molar-refractivity contribution in [3.8, 4) is 0 Å². The Labute approximate surface area is 121 Å². The zero-order chi connectivity index (χ0) is 13.8. The van der Waals surface area contributed by atoms with Gasteiger partial charge in [-0.25, -0.2) is 4.68 Å². The first-order valence-corrected chi connectivity index (χ1v) is 7.17. The lowest BCUT2D eigenvalue weighted by molar-refractivity contribution is 0.589. The molecule has 1 aromatic heterocycles. The summed E-state index contributed by atoms with van der Waals surface area (Å²) < 4.78 is 1.63. The standard InChI is InChI=1S/C12H16ClN5S/c1-8(2)14-7-9-4-5-10(6-11(9)13)19-12-15-16-17-18(12)3/h4-6,8,14H,7H2,1-3H3. The summed E-state index contributed by atoms with van der Waals surface area (Å²) in [7, 11) is 1.81. The summed E-state index contributed by atoms with van der Waals surface area (Å²) in [5.41, 5.74) is 1.09. The molecule has 102 valence electrons. The van der Waals surface area contributed by atoms with Crippen molar-refractivity contribution in [2.45, 2.75) is 36.5 Å². The van der Waals surface area contributed by atoms with E-state index in [1.807, 2.05) is 25.2 Å². The number of nitrogens with zero attached hydrogens (tertiary/aromatic N) is 4. The smallest absolute Gasteiger partial charge is 0.213 e. The number of rotatable bonds is 5. The van der Waals surface area contributed by atoms with Gasteiger partial charge < -0.3 is 5.32 Å². The summed E-state index contributed by atoms with van der Waals surface area (Å²) in [5, 5.41) is 16.2. The van der Waals surface area contributed by atoms with Gasteiger partial charge in [-0.2, -0.15) is 0 Å². The number of nitrogens with one attached hydrogen (secondary N) is 1. The van der Waals surface area contributed by atoms with E-state index in [1.54, 1.807) is 4.68 Å². The van der Waals surface area contributed by atoms with Gasteiger partial charge in [0.1, 0.15) is 0 Å². The Kier molecular flexibility index (Phi) is 4.79. The Balaban J connectivity index is 2.08. The Bertz CT molecular complexity index is 555. The van der Waals surface area contributed by atoms with Gasteiger partial charge in [-0.3, -0.25) is 0 Å². The van der Waals surface area contributed by atoms with Gasteiger partial charge in [0.15, 0.2) is 0 Å². The predicted molar refractivity (Wildman–Crippen MR) is 76.3 cm³/mol. The van der Waals surface area contributed by atoms with Crippen LogP contribution in [0.3, 0.4) is 0 Å². The fourth-order valence-corrected chi connectivity index (χ4v) is 2.54. The van der Waals surface area contributed by atoms with Crippen LogP contribution in [0.5, 0.6) is 0 Å². The highest BCUT2D eigenvalue weighted by Crippen LogP contribution is 2.29. The predicted octanol–water partition coefficient (Wildman–Crippen LogP) is 2.51. The summed E-state index contributed by atoms with van der Waals surface area (Å²) in [6.07, 6.45) is 0. The van der Waals surface area contributed by atoms with Gasteiger partial charge in [-0.05, 0) is 39.9 Å². The summed E-state index contributed by atoms with van der Waals surface area (Å²) in [6, 6.07) is 6.44. The van der Waals surface area contributed by atoms with Crippen LogP contribution in [-0.2, 0) is 13.6 Å². The normalized spacial score (nSPS) is 11.2. The molecule has 0 unspecified atom stereocenters. The van der Waals surface area contributed by atoms with Gasteiger partial charge in [0.25, 0.3) is 0 Å². The first kappa shape index (κ1) is 14.3. The largest absolute Gasteiger partial charge is 0.310 e. The molecule has 0 amide bonds. The maximum atomic E-state index is 6.28. The monoisotopic (exact) mass is 297 g/mol. The van der Waals surface area contributed by atoms with Crippen molar-refractivity contribution in [3.63, 3.8) is 0 Å². The molecule has 0 bridgehead atoms. The SMILES string of the molecule is CC(C)NCc1ccc(Sc2nnnn2C)cc1Cl. The number of tetrazole rings is 1. The van der Waals surface area contributed by atoms with Crippen LogP contribution in [0.1, 0.15) is 19.4 Å². The molecule has 0 saturated heterocycles. The van der Waals surface area contributed by atoms with Crippen LogP contribution in [0.15, 0.2) is 28.3 Å². The topological polar surface area (TPSA) is 55.6 Å².